The van der Waals surface area contributed by atoms with Crippen LogP contribution in [0.1, 0.15) is 219 Å². The number of ether oxygens (including phenoxy) is 2. The van der Waals surface area contributed by atoms with Gasteiger partial charge in [0.1, 0.15) is 0 Å². The topological polar surface area (TPSA) is 123 Å². The van der Waals surface area contributed by atoms with Crippen LogP contribution in [-0.4, -0.2) is 19.3 Å². The summed E-state index contributed by atoms with van der Waals surface area (Å²) >= 11 is 0. The molecule has 8 nitrogen and oxygen atoms in total. The highest BCUT2D eigenvalue weighted by Crippen LogP contribution is 2.44. The van der Waals surface area contributed by atoms with Gasteiger partial charge in [-0.05, 0) is 50.0 Å². The van der Waals surface area contributed by atoms with Gasteiger partial charge >= 0.3 is 0 Å². The van der Waals surface area contributed by atoms with Crippen LogP contribution in [0.5, 0.6) is 11.5 Å². The molecule has 0 spiro atoms. The number of anilines is 1. The van der Waals surface area contributed by atoms with Crippen molar-refractivity contribution in [2.75, 3.05) is 18.4 Å². The number of unbranched alkanes of at least 4 members (excludes halogenated alkanes) is 30. The zero-order valence-corrected chi connectivity index (χ0v) is 40.0. The van der Waals surface area contributed by atoms with E-state index in [9.17, 15) is 0 Å². The molecule has 62 heavy (non-hydrogen) atoms. The smallest absolute Gasteiger partial charge is 0.258 e. The average Bonchev–Trinajstić information content (AvgIpc) is 3.81. The molecule has 2 aliphatic rings. The number of hydrogen-bond donors (Lipinski definition) is 1. The molecule has 1 unspecified atom stereocenters. The zero-order valence-electron chi connectivity index (χ0n) is 39.2. The number of nitrogens with one attached hydrogen (secondary N) is 1. The number of fused-ring (bicyclic) bond motifs is 2. The summed E-state index contributed by atoms with van der Waals surface area (Å²) < 4.78 is 47.8. The van der Waals surface area contributed by atoms with E-state index in [0.29, 0.717) is 0 Å². The van der Waals surface area contributed by atoms with Crippen LogP contribution in [0.25, 0.3) is 0 Å². The van der Waals surface area contributed by atoms with E-state index in [1.54, 1.807) is 0 Å². The SMILES string of the molecule is CCCCCCCCCCCCCCCCCC[N+]1(CCCCCCCCCCCCCCCCCC)c2ccccc2OC1C=CC=C1Nc2ccccc2O1.[O-][Cl+3]([O-])([O-])[O-]. The number of allylic oxidation sites excluding steroid dienone is 2. The first-order valence-corrected chi connectivity index (χ1v) is 26.7. The van der Waals surface area contributed by atoms with Crippen molar-refractivity contribution in [2.24, 2.45) is 0 Å². The van der Waals surface area contributed by atoms with Gasteiger partial charge in [0.25, 0.3) is 6.23 Å². The summed E-state index contributed by atoms with van der Waals surface area (Å²) in [7, 11) is -4.94. The molecule has 0 saturated carbocycles. The van der Waals surface area contributed by atoms with E-state index in [1.807, 2.05) is 18.2 Å². The Bertz CT molecular complexity index is 1390. The van der Waals surface area contributed by atoms with E-state index in [2.05, 4.69) is 67.7 Å². The Kier molecular flexibility index (Phi) is 29.3. The summed E-state index contributed by atoms with van der Waals surface area (Å²) in [6, 6.07) is 17.0. The normalized spacial score (nSPS) is 15.8. The van der Waals surface area contributed by atoms with Gasteiger partial charge in [0.2, 0.25) is 0 Å². The largest absolute Gasteiger partial charge is 0.439 e. The maximum atomic E-state index is 8.49. The first-order chi connectivity index (χ1) is 30.3. The molecule has 1 atom stereocenters. The molecule has 0 aromatic heterocycles. The lowest BCUT2D eigenvalue weighted by Gasteiger charge is -2.37. The Balaban J connectivity index is 0.00000193. The number of benzene rings is 2. The van der Waals surface area contributed by atoms with Gasteiger partial charge in [-0.1, -0.05) is 224 Å². The second-order valence-electron chi connectivity index (χ2n) is 18.1. The van der Waals surface area contributed by atoms with Gasteiger partial charge in [-0.15, -0.1) is 10.2 Å². The van der Waals surface area contributed by atoms with Gasteiger partial charge in [0.15, 0.2) is 23.1 Å². The maximum absolute atomic E-state index is 8.49. The van der Waals surface area contributed by atoms with E-state index < -0.39 is 10.2 Å². The van der Waals surface area contributed by atoms with Crippen LogP contribution in [0.2, 0.25) is 0 Å². The van der Waals surface area contributed by atoms with Crippen molar-refractivity contribution in [1.29, 1.82) is 0 Å². The van der Waals surface area contributed by atoms with E-state index in [1.165, 1.54) is 211 Å². The fourth-order valence-electron chi connectivity index (χ4n) is 9.24. The van der Waals surface area contributed by atoms with E-state index in [4.69, 9.17) is 28.1 Å². The molecule has 0 amide bonds. The lowest BCUT2D eigenvalue weighted by Crippen LogP contribution is -2.68. The van der Waals surface area contributed by atoms with Crippen LogP contribution < -0.4 is 37.9 Å². The van der Waals surface area contributed by atoms with Crippen LogP contribution in [0, 0.1) is 10.2 Å². The lowest BCUT2D eigenvalue weighted by atomic mass is 10.0. The summed E-state index contributed by atoms with van der Waals surface area (Å²) in [6.07, 6.45) is 51.4. The van der Waals surface area contributed by atoms with Crippen LogP contribution in [0.15, 0.2) is 72.6 Å². The van der Waals surface area contributed by atoms with E-state index in [-0.39, 0.29) is 6.23 Å². The van der Waals surface area contributed by atoms with Gasteiger partial charge in [-0.3, -0.25) is 0 Å². The van der Waals surface area contributed by atoms with Crippen molar-refractivity contribution in [3.8, 4) is 11.5 Å². The minimum atomic E-state index is -4.94. The molecular formula is C53H87ClN2O6. The highest BCUT2D eigenvalue weighted by molar-refractivity contribution is 5.64. The molecule has 9 heteroatoms. The van der Waals surface area contributed by atoms with Crippen molar-refractivity contribution >= 4 is 11.4 Å². The predicted octanol–water partition coefficient (Wildman–Crippen LogP) is 12.4. The third kappa shape index (κ3) is 23.9. The maximum Gasteiger partial charge on any atom is 0.258 e. The second kappa shape index (κ2) is 33.9. The molecule has 0 bridgehead atoms. The van der Waals surface area contributed by atoms with Crippen LogP contribution in [0.3, 0.4) is 0 Å². The highest BCUT2D eigenvalue weighted by Gasteiger charge is 2.46. The molecule has 1 N–H and O–H groups in total. The molecule has 0 radical (unpaired) electrons. The Morgan fingerprint density at radius 1 is 0.500 bits per heavy atom. The number of quaternary nitrogens is 1. The minimum Gasteiger partial charge on any atom is -0.439 e. The summed E-state index contributed by atoms with van der Waals surface area (Å²) in [5.74, 6) is 2.73. The number of hydrogen-bond acceptors (Lipinski definition) is 7. The molecule has 2 aromatic rings. The molecule has 4 rings (SSSR count). The first kappa shape index (κ1) is 53.7. The van der Waals surface area contributed by atoms with Crippen molar-refractivity contribution in [2.45, 2.75) is 226 Å². The molecular weight excluding hydrogens is 796 g/mol. The van der Waals surface area contributed by atoms with Crippen molar-refractivity contribution < 1.29 is 38.4 Å². The van der Waals surface area contributed by atoms with Crippen LogP contribution >= 0.6 is 0 Å². The molecule has 0 saturated heterocycles. The van der Waals surface area contributed by atoms with Gasteiger partial charge in [0, 0.05) is 12.1 Å². The Labute approximate surface area is 380 Å². The molecule has 352 valence electrons. The molecule has 0 aliphatic carbocycles. The second-order valence-corrected chi connectivity index (χ2v) is 18.8. The van der Waals surface area contributed by atoms with Crippen LogP contribution in [0.4, 0.5) is 11.4 Å². The third-order valence-corrected chi connectivity index (χ3v) is 12.8. The Morgan fingerprint density at radius 2 is 0.855 bits per heavy atom. The number of nitrogens with zero attached hydrogens (tertiary/aromatic N) is 1. The minimum absolute atomic E-state index is 0.0179. The Morgan fingerprint density at radius 3 is 1.26 bits per heavy atom. The molecule has 2 heterocycles. The quantitative estimate of drug-likeness (QED) is 0.0534. The van der Waals surface area contributed by atoms with E-state index in [0.717, 1.165) is 40.6 Å². The average molecular weight is 884 g/mol. The standard InChI is InChI=1S/C53H87N2O2.ClHO4/c1-3-5-7-9-11-13-15-17-19-21-23-25-27-29-31-37-46-55(47-38-32-30-28-26-24-22-20-18-16-14-12-10-8-6-4-2)49-41-34-36-43-51(49)57-53(55)45-39-44-52-54-48-40-33-35-42-50(48)56-52;2-1(3,4)5/h33-36,39-45,53-54H,3-32,37-38,46-47H2,1-2H3;(H,2,3,4,5)/q+1;/p-1. The van der Waals surface area contributed by atoms with Crippen molar-refractivity contribution in [3.05, 3.63) is 72.6 Å². The zero-order chi connectivity index (χ0) is 44.4. The van der Waals surface area contributed by atoms with Gasteiger partial charge in [-0.25, -0.2) is 23.1 Å². The third-order valence-electron chi connectivity index (χ3n) is 12.8. The number of para-hydroxylation sites is 4. The highest BCUT2D eigenvalue weighted by atomic mass is 35.7. The fourth-order valence-corrected chi connectivity index (χ4v) is 9.24. The molecule has 2 aliphatic heterocycles. The molecule has 0 fully saturated rings. The van der Waals surface area contributed by atoms with E-state index >= 15 is 0 Å². The summed E-state index contributed by atoms with van der Waals surface area (Å²) in [5, 5.41) is 3.41. The van der Waals surface area contributed by atoms with Crippen LogP contribution in [-0.2, 0) is 0 Å². The lowest BCUT2D eigenvalue weighted by molar-refractivity contribution is -2.00. The van der Waals surface area contributed by atoms with Crippen molar-refractivity contribution in [3.63, 3.8) is 0 Å². The summed E-state index contributed by atoms with van der Waals surface area (Å²) in [4.78, 5) is 0. The summed E-state index contributed by atoms with van der Waals surface area (Å²) in [6.45, 7) is 6.89. The van der Waals surface area contributed by atoms with Gasteiger partial charge in [0.05, 0.1) is 18.8 Å². The fraction of sp³-hybridized carbons (Fsp3) is 0.698. The Hall–Kier alpha value is -2.59. The molecule has 2 aromatic carbocycles. The summed E-state index contributed by atoms with van der Waals surface area (Å²) in [5.41, 5.74) is 2.41. The number of halogens is 1. The first-order valence-electron chi connectivity index (χ1n) is 25.4. The van der Waals surface area contributed by atoms with Crippen molar-refractivity contribution in [1.82, 2.24) is 4.48 Å². The van der Waals surface area contributed by atoms with Gasteiger partial charge in [-0.2, -0.15) is 0 Å². The number of rotatable bonds is 36. The van der Waals surface area contributed by atoms with Gasteiger partial charge < -0.3 is 14.8 Å². The monoisotopic (exact) mass is 883 g/mol. The predicted molar refractivity (Wildman–Crippen MR) is 249 cm³/mol.